The molecule has 1 heterocycles. The summed E-state index contributed by atoms with van der Waals surface area (Å²) >= 11 is 5.78. The molecule has 0 bridgehead atoms. The molecule has 0 saturated carbocycles. The Labute approximate surface area is 127 Å². The quantitative estimate of drug-likeness (QED) is 0.743. The normalized spacial score (nSPS) is 13.8. The molecule has 0 aliphatic carbocycles. The Hall–Kier alpha value is -1.95. The summed E-state index contributed by atoms with van der Waals surface area (Å²) in [7, 11) is 0. The summed E-state index contributed by atoms with van der Waals surface area (Å²) in [4.78, 5) is 22.2. The van der Waals surface area contributed by atoms with Crippen molar-refractivity contribution in [3.63, 3.8) is 0 Å². The lowest BCUT2D eigenvalue weighted by molar-refractivity contribution is -0.138. The van der Waals surface area contributed by atoms with Gasteiger partial charge in [0, 0.05) is 5.88 Å². The van der Waals surface area contributed by atoms with E-state index in [1.54, 1.807) is 0 Å². The first-order valence-electron chi connectivity index (χ1n) is 6.54. The maximum absolute atomic E-state index is 11.8. The van der Waals surface area contributed by atoms with Crippen LogP contribution in [0.4, 0.5) is 0 Å². The molecule has 114 valence electrons. The highest BCUT2D eigenvalue weighted by Crippen LogP contribution is 2.33. The molecule has 0 aromatic heterocycles. The van der Waals surface area contributed by atoms with E-state index in [-0.39, 0.29) is 18.6 Å². The Kier molecular flexibility index (Phi) is 5.27. The van der Waals surface area contributed by atoms with Gasteiger partial charge >= 0.3 is 5.97 Å². The number of alkyl halides is 1. The molecular formula is C14H16ClNO5. The molecule has 2 rings (SSSR count). The SMILES string of the molecule is O=C(O)CNC(=O)[C@@H](CCl)CCc1ccc2c(c1)OCO2. The van der Waals surface area contributed by atoms with E-state index in [4.69, 9.17) is 26.2 Å². The third-order valence-corrected chi connectivity index (χ3v) is 3.56. The Balaban J connectivity index is 1.87. The van der Waals surface area contributed by atoms with Crippen LogP contribution in [0.2, 0.25) is 0 Å². The van der Waals surface area contributed by atoms with Gasteiger partial charge in [-0.1, -0.05) is 6.07 Å². The summed E-state index contributed by atoms with van der Waals surface area (Å²) in [5, 5.41) is 10.9. The zero-order valence-corrected chi connectivity index (χ0v) is 12.1. The Morgan fingerprint density at radius 2 is 2.10 bits per heavy atom. The van der Waals surface area contributed by atoms with Crippen molar-refractivity contribution in [2.45, 2.75) is 12.8 Å². The smallest absolute Gasteiger partial charge is 0.322 e. The number of amides is 1. The molecule has 1 aliphatic heterocycles. The number of halogens is 1. The van der Waals surface area contributed by atoms with E-state index in [0.29, 0.717) is 24.3 Å². The third kappa shape index (κ3) is 4.26. The number of aliphatic carboxylic acids is 1. The van der Waals surface area contributed by atoms with Crippen molar-refractivity contribution in [3.05, 3.63) is 23.8 Å². The molecule has 1 aromatic rings. The lowest BCUT2D eigenvalue weighted by Crippen LogP contribution is -2.35. The molecule has 21 heavy (non-hydrogen) atoms. The monoisotopic (exact) mass is 313 g/mol. The average molecular weight is 314 g/mol. The summed E-state index contributed by atoms with van der Waals surface area (Å²) in [6.45, 7) is -0.170. The molecule has 1 aliphatic rings. The van der Waals surface area contributed by atoms with Gasteiger partial charge in [-0.05, 0) is 30.5 Å². The van der Waals surface area contributed by atoms with Gasteiger partial charge in [0.05, 0.1) is 5.92 Å². The van der Waals surface area contributed by atoms with Crippen molar-refractivity contribution in [2.75, 3.05) is 19.2 Å². The number of carbonyl (C=O) groups is 2. The Bertz CT molecular complexity index is 534. The van der Waals surface area contributed by atoms with Crippen molar-refractivity contribution in [2.24, 2.45) is 5.92 Å². The maximum Gasteiger partial charge on any atom is 0.322 e. The van der Waals surface area contributed by atoms with Crippen LogP contribution < -0.4 is 14.8 Å². The summed E-state index contributed by atoms with van der Waals surface area (Å²) in [5.74, 6) is -0.273. The first-order chi connectivity index (χ1) is 10.1. The maximum atomic E-state index is 11.8. The van der Waals surface area contributed by atoms with Crippen LogP contribution in [0.25, 0.3) is 0 Å². The predicted octanol–water partition coefficient (Wildman–Crippen LogP) is 1.40. The van der Waals surface area contributed by atoms with Crippen LogP contribution in [-0.4, -0.2) is 36.2 Å². The van der Waals surface area contributed by atoms with Crippen LogP contribution in [0, 0.1) is 5.92 Å². The molecule has 1 atom stereocenters. The minimum absolute atomic E-state index is 0.149. The first kappa shape index (κ1) is 15.4. The van der Waals surface area contributed by atoms with Crippen LogP contribution in [0.5, 0.6) is 11.5 Å². The van der Waals surface area contributed by atoms with Gasteiger partial charge < -0.3 is 19.9 Å². The number of carbonyl (C=O) groups excluding carboxylic acids is 1. The summed E-state index contributed by atoms with van der Waals surface area (Å²) < 4.78 is 10.5. The van der Waals surface area contributed by atoms with Crippen LogP contribution in [0.1, 0.15) is 12.0 Å². The van der Waals surface area contributed by atoms with Crippen LogP contribution >= 0.6 is 11.6 Å². The Morgan fingerprint density at radius 3 is 2.81 bits per heavy atom. The van der Waals surface area contributed by atoms with E-state index in [1.807, 2.05) is 18.2 Å². The Morgan fingerprint density at radius 1 is 1.33 bits per heavy atom. The third-order valence-electron chi connectivity index (χ3n) is 3.19. The first-order valence-corrected chi connectivity index (χ1v) is 7.07. The number of fused-ring (bicyclic) bond motifs is 1. The largest absolute Gasteiger partial charge is 0.480 e. The minimum Gasteiger partial charge on any atom is -0.480 e. The molecule has 0 spiro atoms. The van der Waals surface area contributed by atoms with Gasteiger partial charge in [-0.3, -0.25) is 9.59 Å². The average Bonchev–Trinajstić information content (AvgIpc) is 2.93. The highest BCUT2D eigenvalue weighted by atomic mass is 35.5. The molecule has 1 aromatic carbocycles. The topological polar surface area (TPSA) is 84.9 Å². The van der Waals surface area contributed by atoms with Crippen LogP contribution in [0.3, 0.4) is 0 Å². The predicted molar refractivity (Wildman–Crippen MR) is 75.7 cm³/mol. The number of hydrogen-bond acceptors (Lipinski definition) is 4. The molecule has 0 radical (unpaired) electrons. The number of carboxylic acids is 1. The second-order valence-corrected chi connectivity index (χ2v) is 5.00. The van der Waals surface area contributed by atoms with Crippen molar-refractivity contribution in [1.29, 1.82) is 0 Å². The van der Waals surface area contributed by atoms with E-state index >= 15 is 0 Å². The summed E-state index contributed by atoms with van der Waals surface area (Å²) in [6.07, 6.45) is 1.18. The summed E-state index contributed by atoms with van der Waals surface area (Å²) in [6, 6.07) is 5.62. The zero-order chi connectivity index (χ0) is 15.2. The standard InChI is InChI=1S/C14H16ClNO5/c15-6-10(14(19)16-7-13(17)18)3-1-9-2-4-11-12(5-9)21-8-20-11/h2,4-5,10H,1,3,6-8H2,(H,16,19)(H,17,18)/t10-/m1/s1. The van der Waals surface area contributed by atoms with Crippen molar-refractivity contribution >= 4 is 23.5 Å². The van der Waals surface area contributed by atoms with Gasteiger partial charge in [0.1, 0.15) is 6.54 Å². The fraction of sp³-hybridized carbons (Fsp3) is 0.429. The number of carboxylic acid groups (broad SMARTS) is 1. The van der Waals surface area contributed by atoms with Crippen molar-refractivity contribution in [1.82, 2.24) is 5.32 Å². The number of nitrogens with one attached hydrogen (secondary N) is 1. The molecule has 6 nitrogen and oxygen atoms in total. The van der Waals surface area contributed by atoms with Crippen LogP contribution in [-0.2, 0) is 16.0 Å². The number of aryl methyl sites for hydroxylation is 1. The molecule has 0 unspecified atom stereocenters. The summed E-state index contributed by atoms with van der Waals surface area (Å²) in [5.41, 5.74) is 1.01. The fourth-order valence-electron chi connectivity index (χ4n) is 2.02. The van der Waals surface area contributed by atoms with Gasteiger partial charge in [0.15, 0.2) is 11.5 Å². The molecule has 2 N–H and O–H groups in total. The number of ether oxygens (including phenoxy) is 2. The van der Waals surface area contributed by atoms with Crippen molar-refractivity contribution < 1.29 is 24.2 Å². The van der Waals surface area contributed by atoms with E-state index in [9.17, 15) is 9.59 Å². The molecular weight excluding hydrogens is 298 g/mol. The zero-order valence-electron chi connectivity index (χ0n) is 11.3. The highest BCUT2D eigenvalue weighted by molar-refractivity contribution is 6.19. The molecule has 0 saturated heterocycles. The highest BCUT2D eigenvalue weighted by Gasteiger charge is 2.19. The van der Waals surface area contributed by atoms with E-state index in [1.165, 1.54) is 0 Å². The van der Waals surface area contributed by atoms with Gasteiger partial charge in [0.25, 0.3) is 0 Å². The fourth-order valence-corrected chi connectivity index (χ4v) is 2.32. The molecule has 1 amide bonds. The molecule has 0 fully saturated rings. The van der Waals surface area contributed by atoms with E-state index in [2.05, 4.69) is 5.32 Å². The number of hydrogen-bond donors (Lipinski definition) is 2. The lowest BCUT2D eigenvalue weighted by Gasteiger charge is -2.13. The van der Waals surface area contributed by atoms with Gasteiger partial charge in [-0.25, -0.2) is 0 Å². The van der Waals surface area contributed by atoms with Gasteiger partial charge in [-0.15, -0.1) is 11.6 Å². The minimum atomic E-state index is -1.08. The number of rotatable bonds is 7. The second-order valence-electron chi connectivity index (χ2n) is 4.69. The molecule has 7 heteroatoms. The second kappa shape index (κ2) is 7.17. The van der Waals surface area contributed by atoms with E-state index in [0.717, 1.165) is 5.56 Å². The van der Waals surface area contributed by atoms with Gasteiger partial charge in [-0.2, -0.15) is 0 Å². The van der Waals surface area contributed by atoms with Gasteiger partial charge in [0.2, 0.25) is 12.7 Å². The van der Waals surface area contributed by atoms with Crippen LogP contribution in [0.15, 0.2) is 18.2 Å². The van der Waals surface area contributed by atoms with E-state index < -0.39 is 18.4 Å². The lowest BCUT2D eigenvalue weighted by atomic mass is 10.00. The number of benzene rings is 1. The van der Waals surface area contributed by atoms with Crippen molar-refractivity contribution in [3.8, 4) is 11.5 Å².